The van der Waals surface area contributed by atoms with Crippen molar-refractivity contribution in [2.75, 3.05) is 0 Å². The average Bonchev–Trinajstić information content (AvgIpc) is 2.05. The zero-order chi connectivity index (χ0) is 8.81. The Morgan fingerprint density at radius 1 is 1.50 bits per heavy atom. The van der Waals surface area contributed by atoms with Crippen LogP contribution in [-0.4, -0.2) is 17.3 Å². The summed E-state index contributed by atoms with van der Waals surface area (Å²) in [5.41, 5.74) is 8.21. The predicted octanol–water partition coefficient (Wildman–Crippen LogP) is 2.16. The van der Waals surface area contributed by atoms with Gasteiger partial charge >= 0.3 is 0 Å². The Kier molecular flexibility index (Phi) is 3.64. The van der Waals surface area contributed by atoms with Crippen LogP contribution in [-0.2, 0) is 0 Å². The van der Waals surface area contributed by atoms with Crippen molar-refractivity contribution in [3.63, 3.8) is 0 Å². The topological polar surface area (TPSA) is 69.0 Å². The Bertz CT molecular complexity index is 208. The number of allylic oxidation sites excluding steroid dienone is 1. The highest BCUT2D eigenvalue weighted by atomic mass is 16.3. The third-order valence-corrected chi connectivity index (χ3v) is 2.03. The molecule has 0 aliphatic heterocycles. The molecule has 1 rings (SSSR count). The molecule has 0 fully saturated rings. The van der Waals surface area contributed by atoms with Crippen molar-refractivity contribution < 1.29 is 5.11 Å². The van der Waals surface area contributed by atoms with Crippen LogP contribution in [0.3, 0.4) is 0 Å². The fourth-order valence-electron chi connectivity index (χ4n) is 1.33. The van der Waals surface area contributed by atoms with Crippen LogP contribution in [0.5, 0.6) is 0 Å². The van der Waals surface area contributed by atoms with Crippen molar-refractivity contribution >= 4 is 0 Å². The maximum absolute atomic E-state index is 9.49. The third kappa shape index (κ3) is 2.57. The van der Waals surface area contributed by atoms with Gasteiger partial charge in [0.2, 0.25) is 0 Å². The van der Waals surface area contributed by atoms with E-state index in [-0.39, 0.29) is 6.04 Å². The second-order valence-corrected chi connectivity index (χ2v) is 2.98. The Hall–Kier alpha value is -0.990. The molecule has 1 unspecified atom stereocenters. The van der Waals surface area contributed by atoms with E-state index >= 15 is 0 Å². The molecule has 1 N–H and O–H groups in total. The van der Waals surface area contributed by atoms with Crippen LogP contribution in [0.15, 0.2) is 17.3 Å². The summed E-state index contributed by atoms with van der Waals surface area (Å²) in [6.07, 6.45) is 7.13. The first-order chi connectivity index (χ1) is 5.84. The van der Waals surface area contributed by atoms with E-state index in [9.17, 15) is 5.11 Å². The molecule has 0 amide bonds. The highest BCUT2D eigenvalue weighted by Gasteiger charge is 2.15. The van der Waals surface area contributed by atoms with Crippen LogP contribution in [0.2, 0.25) is 0 Å². The van der Waals surface area contributed by atoms with Gasteiger partial charge in [-0.2, -0.15) is 0 Å². The highest BCUT2D eigenvalue weighted by molar-refractivity contribution is 4.98. The molecule has 66 valence electrons. The lowest BCUT2D eigenvalue weighted by molar-refractivity contribution is 0.146. The molecule has 0 heterocycles. The monoisotopic (exact) mass is 167 g/mol. The Labute approximate surface area is 71.5 Å². The van der Waals surface area contributed by atoms with E-state index in [2.05, 4.69) is 10.0 Å². The van der Waals surface area contributed by atoms with Gasteiger partial charge in [-0.25, -0.2) is 0 Å². The first-order valence-corrected chi connectivity index (χ1v) is 4.23. The van der Waals surface area contributed by atoms with Gasteiger partial charge in [0.1, 0.15) is 0 Å². The minimum Gasteiger partial charge on any atom is -0.392 e. The van der Waals surface area contributed by atoms with E-state index in [0.717, 1.165) is 25.7 Å². The molecule has 0 aromatic rings. The molecule has 0 aromatic carbocycles. The summed E-state index contributed by atoms with van der Waals surface area (Å²) in [6, 6.07) is -0.365. The van der Waals surface area contributed by atoms with E-state index in [1.165, 1.54) is 0 Å². The molecule has 4 heteroatoms. The van der Waals surface area contributed by atoms with Gasteiger partial charge in [0.05, 0.1) is 12.1 Å². The van der Waals surface area contributed by atoms with Gasteiger partial charge < -0.3 is 5.11 Å². The van der Waals surface area contributed by atoms with Gasteiger partial charge in [0, 0.05) is 4.91 Å². The number of aliphatic hydroxyl groups excluding tert-OH is 1. The Morgan fingerprint density at radius 3 is 3.08 bits per heavy atom. The molecule has 12 heavy (non-hydrogen) atoms. The molecule has 0 radical (unpaired) electrons. The standard InChI is InChI=1S/C8H13N3O/c9-11-10-7-5-3-1-2-4-6-8(7)12/h3,5,7-8,12H,1-2,4,6H2/b5-3-/t7?,8-/m0/s1. The zero-order valence-corrected chi connectivity index (χ0v) is 6.93. The summed E-state index contributed by atoms with van der Waals surface area (Å²) in [4.78, 5) is 2.70. The lowest BCUT2D eigenvalue weighted by Crippen LogP contribution is -2.22. The van der Waals surface area contributed by atoms with Gasteiger partial charge in [0.15, 0.2) is 0 Å². The summed E-state index contributed by atoms with van der Waals surface area (Å²) >= 11 is 0. The lowest BCUT2D eigenvalue weighted by Gasteiger charge is -2.16. The predicted molar refractivity (Wildman–Crippen MR) is 46.5 cm³/mol. The van der Waals surface area contributed by atoms with Gasteiger partial charge in [-0.3, -0.25) is 0 Å². The lowest BCUT2D eigenvalue weighted by atomic mass is 10.0. The van der Waals surface area contributed by atoms with Gasteiger partial charge in [-0.05, 0) is 24.8 Å². The number of hydrogen-bond donors (Lipinski definition) is 1. The SMILES string of the molecule is [N-]=[N+]=NC1/C=C\CCCC[C@@H]1O. The molecule has 1 aliphatic rings. The van der Waals surface area contributed by atoms with E-state index < -0.39 is 6.10 Å². The quantitative estimate of drug-likeness (QED) is 0.276. The fourth-order valence-corrected chi connectivity index (χ4v) is 1.33. The number of nitrogens with zero attached hydrogens (tertiary/aromatic N) is 3. The summed E-state index contributed by atoms with van der Waals surface area (Å²) < 4.78 is 0. The first kappa shape index (κ1) is 9.10. The number of aliphatic hydroxyl groups is 1. The maximum Gasteiger partial charge on any atom is 0.0814 e. The van der Waals surface area contributed by atoms with Crippen molar-refractivity contribution in [2.45, 2.75) is 37.8 Å². The minimum atomic E-state index is -0.502. The normalized spacial score (nSPS) is 32.8. The van der Waals surface area contributed by atoms with E-state index in [0.29, 0.717) is 0 Å². The van der Waals surface area contributed by atoms with Crippen molar-refractivity contribution in [2.24, 2.45) is 5.11 Å². The number of hydrogen-bond acceptors (Lipinski definition) is 2. The van der Waals surface area contributed by atoms with Gasteiger partial charge in [-0.15, -0.1) is 0 Å². The molecule has 0 saturated heterocycles. The van der Waals surface area contributed by atoms with E-state index in [4.69, 9.17) is 5.53 Å². The Balaban J connectivity index is 2.63. The molecule has 0 aromatic heterocycles. The van der Waals surface area contributed by atoms with Crippen LogP contribution in [0.4, 0.5) is 0 Å². The van der Waals surface area contributed by atoms with Crippen molar-refractivity contribution in [3.8, 4) is 0 Å². The second kappa shape index (κ2) is 4.80. The van der Waals surface area contributed by atoms with Crippen molar-refractivity contribution in [3.05, 3.63) is 22.6 Å². The van der Waals surface area contributed by atoms with E-state index in [1.807, 2.05) is 6.08 Å². The van der Waals surface area contributed by atoms with Gasteiger partial charge in [-0.1, -0.05) is 23.7 Å². The Morgan fingerprint density at radius 2 is 2.33 bits per heavy atom. The minimum absolute atomic E-state index is 0.365. The summed E-state index contributed by atoms with van der Waals surface area (Å²) in [5, 5.41) is 13.0. The molecule has 0 spiro atoms. The zero-order valence-electron chi connectivity index (χ0n) is 6.93. The van der Waals surface area contributed by atoms with Gasteiger partial charge in [0.25, 0.3) is 0 Å². The largest absolute Gasteiger partial charge is 0.392 e. The number of azide groups is 1. The van der Waals surface area contributed by atoms with Crippen LogP contribution in [0, 0.1) is 0 Å². The van der Waals surface area contributed by atoms with Crippen LogP contribution >= 0.6 is 0 Å². The molecule has 1 aliphatic carbocycles. The molecule has 0 bridgehead atoms. The molecular formula is C8H13N3O. The summed E-state index contributed by atoms with van der Waals surface area (Å²) in [7, 11) is 0. The summed E-state index contributed by atoms with van der Waals surface area (Å²) in [6.45, 7) is 0. The van der Waals surface area contributed by atoms with Crippen LogP contribution in [0.1, 0.15) is 25.7 Å². The second-order valence-electron chi connectivity index (χ2n) is 2.98. The fraction of sp³-hybridized carbons (Fsp3) is 0.750. The number of rotatable bonds is 1. The highest BCUT2D eigenvalue weighted by Crippen LogP contribution is 2.14. The average molecular weight is 167 g/mol. The summed E-state index contributed by atoms with van der Waals surface area (Å²) in [5.74, 6) is 0. The van der Waals surface area contributed by atoms with Crippen molar-refractivity contribution in [1.82, 2.24) is 0 Å². The van der Waals surface area contributed by atoms with Crippen LogP contribution in [0.25, 0.3) is 10.4 Å². The molecule has 0 saturated carbocycles. The third-order valence-electron chi connectivity index (χ3n) is 2.03. The van der Waals surface area contributed by atoms with E-state index in [1.54, 1.807) is 6.08 Å². The molecule has 2 atom stereocenters. The smallest absolute Gasteiger partial charge is 0.0814 e. The van der Waals surface area contributed by atoms with Crippen LogP contribution < -0.4 is 0 Å². The van der Waals surface area contributed by atoms with Crippen molar-refractivity contribution in [1.29, 1.82) is 0 Å². The first-order valence-electron chi connectivity index (χ1n) is 4.23. The maximum atomic E-state index is 9.49. The molecule has 4 nitrogen and oxygen atoms in total. The molecular weight excluding hydrogens is 154 g/mol.